The van der Waals surface area contributed by atoms with Gasteiger partial charge >= 0.3 is 0 Å². The second-order valence-corrected chi connectivity index (χ2v) is 3.80. The average molecular weight is 235 g/mol. The van der Waals surface area contributed by atoms with Gasteiger partial charge in [0.2, 0.25) is 6.79 Å². The molecule has 0 atom stereocenters. The van der Waals surface area contributed by atoms with E-state index >= 15 is 0 Å². The first-order chi connectivity index (χ1) is 8.35. The van der Waals surface area contributed by atoms with Gasteiger partial charge in [-0.05, 0) is 18.9 Å². The summed E-state index contributed by atoms with van der Waals surface area (Å²) in [6, 6.07) is 3.73. The molecule has 17 heavy (non-hydrogen) atoms. The van der Waals surface area contributed by atoms with Crippen LogP contribution in [0.5, 0.6) is 17.2 Å². The molecule has 1 aliphatic rings. The topological polar surface area (TPSA) is 53.7 Å². The highest BCUT2D eigenvalue weighted by atomic mass is 16.7. The molecule has 0 saturated heterocycles. The molecule has 0 saturated carbocycles. The molecule has 1 aromatic carbocycles. The molecule has 0 amide bonds. The highest BCUT2D eigenvalue weighted by Crippen LogP contribution is 2.38. The van der Waals surface area contributed by atoms with Crippen molar-refractivity contribution in [3.63, 3.8) is 0 Å². The number of hydrogen-bond acceptors (Lipinski definition) is 4. The number of ether oxygens (including phenoxy) is 3. The summed E-state index contributed by atoms with van der Waals surface area (Å²) < 4.78 is 16.3. The van der Waals surface area contributed by atoms with Gasteiger partial charge in [0.1, 0.15) is 5.75 Å². The van der Waals surface area contributed by atoms with Crippen molar-refractivity contribution in [2.24, 2.45) is 5.73 Å². The monoisotopic (exact) mass is 235 g/mol. The van der Waals surface area contributed by atoms with Crippen molar-refractivity contribution in [1.82, 2.24) is 0 Å². The molecule has 1 aromatic rings. The third-order valence-corrected chi connectivity index (χ3v) is 2.59. The van der Waals surface area contributed by atoms with E-state index in [1.54, 1.807) is 0 Å². The Kier molecular flexibility index (Phi) is 3.88. The molecule has 2 N–H and O–H groups in total. The number of rotatable bonds is 6. The van der Waals surface area contributed by atoms with Gasteiger partial charge in [-0.25, -0.2) is 0 Å². The molecule has 0 fully saturated rings. The van der Waals surface area contributed by atoms with E-state index in [1.807, 2.05) is 18.2 Å². The van der Waals surface area contributed by atoms with Crippen LogP contribution in [0.3, 0.4) is 0 Å². The second kappa shape index (κ2) is 5.59. The summed E-state index contributed by atoms with van der Waals surface area (Å²) in [5.41, 5.74) is 6.62. The zero-order valence-electron chi connectivity index (χ0n) is 9.78. The smallest absolute Gasteiger partial charge is 0.231 e. The van der Waals surface area contributed by atoms with Gasteiger partial charge in [0.05, 0.1) is 6.61 Å². The second-order valence-electron chi connectivity index (χ2n) is 3.80. The highest BCUT2D eigenvalue weighted by molar-refractivity contribution is 5.51. The van der Waals surface area contributed by atoms with Crippen LogP contribution in [0.25, 0.3) is 0 Å². The molecule has 0 bridgehead atoms. The van der Waals surface area contributed by atoms with Crippen LogP contribution in [0.15, 0.2) is 24.8 Å². The van der Waals surface area contributed by atoms with Gasteiger partial charge in [0, 0.05) is 18.2 Å². The number of fused-ring (bicyclic) bond motifs is 1. The van der Waals surface area contributed by atoms with Crippen molar-refractivity contribution in [3.05, 3.63) is 30.4 Å². The fourth-order valence-electron chi connectivity index (χ4n) is 1.67. The molecule has 0 radical (unpaired) electrons. The summed E-state index contributed by atoms with van der Waals surface area (Å²) in [4.78, 5) is 0. The first-order valence-electron chi connectivity index (χ1n) is 5.71. The maximum absolute atomic E-state index is 5.69. The van der Waals surface area contributed by atoms with Crippen LogP contribution in [0, 0.1) is 0 Å². The lowest BCUT2D eigenvalue weighted by atomic mass is 10.1. The minimum atomic E-state index is 0.263. The summed E-state index contributed by atoms with van der Waals surface area (Å²) in [5, 5.41) is 0. The fourth-order valence-corrected chi connectivity index (χ4v) is 1.67. The molecule has 0 aromatic heterocycles. The molecule has 2 rings (SSSR count). The molecule has 0 unspecified atom stereocenters. The number of hydrogen-bond donors (Lipinski definition) is 1. The highest BCUT2D eigenvalue weighted by Gasteiger charge is 2.17. The number of allylic oxidation sites excluding steroid dienone is 1. The van der Waals surface area contributed by atoms with E-state index in [-0.39, 0.29) is 6.79 Å². The van der Waals surface area contributed by atoms with Crippen LogP contribution in [-0.2, 0) is 6.54 Å². The van der Waals surface area contributed by atoms with Gasteiger partial charge in [-0.2, -0.15) is 0 Å². The van der Waals surface area contributed by atoms with E-state index < -0.39 is 0 Å². The SMILES string of the molecule is C=CCCCOc1cc2c(cc1CN)OCO2. The molecule has 0 spiro atoms. The van der Waals surface area contributed by atoms with Crippen molar-refractivity contribution in [2.45, 2.75) is 19.4 Å². The van der Waals surface area contributed by atoms with E-state index in [4.69, 9.17) is 19.9 Å². The minimum Gasteiger partial charge on any atom is -0.493 e. The Labute approximate surface area is 101 Å². The molecule has 4 nitrogen and oxygen atoms in total. The van der Waals surface area contributed by atoms with Crippen molar-refractivity contribution in [3.8, 4) is 17.2 Å². The predicted molar refractivity (Wildman–Crippen MR) is 65.4 cm³/mol. The maximum atomic E-state index is 5.69. The van der Waals surface area contributed by atoms with Crippen molar-refractivity contribution in [1.29, 1.82) is 0 Å². The van der Waals surface area contributed by atoms with Crippen molar-refractivity contribution >= 4 is 0 Å². The van der Waals surface area contributed by atoms with Crippen molar-refractivity contribution in [2.75, 3.05) is 13.4 Å². The maximum Gasteiger partial charge on any atom is 0.231 e. The Morgan fingerprint density at radius 2 is 2.12 bits per heavy atom. The van der Waals surface area contributed by atoms with Gasteiger partial charge in [-0.15, -0.1) is 6.58 Å². The van der Waals surface area contributed by atoms with Crippen LogP contribution in [0.1, 0.15) is 18.4 Å². The van der Waals surface area contributed by atoms with Crippen LogP contribution in [-0.4, -0.2) is 13.4 Å². The lowest BCUT2D eigenvalue weighted by molar-refractivity contribution is 0.173. The molecule has 4 heteroatoms. The van der Waals surface area contributed by atoms with Crippen LogP contribution in [0.2, 0.25) is 0 Å². The Morgan fingerprint density at radius 1 is 1.35 bits per heavy atom. The van der Waals surface area contributed by atoms with Gasteiger partial charge in [-0.1, -0.05) is 6.08 Å². The van der Waals surface area contributed by atoms with Gasteiger partial charge in [-0.3, -0.25) is 0 Å². The average Bonchev–Trinajstić information content (AvgIpc) is 2.80. The molecule has 1 aliphatic heterocycles. The van der Waals surface area contributed by atoms with E-state index in [9.17, 15) is 0 Å². The fraction of sp³-hybridized carbons (Fsp3) is 0.385. The Bertz CT molecular complexity index is 404. The van der Waals surface area contributed by atoms with Gasteiger partial charge in [0.25, 0.3) is 0 Å². The Balaban J connectivity index is 2.06. The molecule has 92 valence electrons. The first-order valence-corrected chi connectivity index (χ1v) is 5.71. The lowest BCUT2D eigenvalue weighted by Gasteiger charge is -2.11. The van der Waals surface area contributed by atoms with E-state index in [0.29, 0.717) is 13.2 Å². The quantitative estimate of drug-likeness (QED) is 0.606. The van der Waals surface area contributed by atoms with E-state index in [2.05, 4.69) is 6.58 Å². The number of benzene rings is 1. The molecular weight excluding hydrogens is 218 g/mol. The summed E-state index contributed by atoms with van der Waals surface area (Å²) in [6.45, 7) is 5.01. The first kappa shape index (κ1) is 11.8. The third kappa shape index (κ3) is 2.71. The van der Waals surface area contributed by atoms with Crippen LogP contribution < -0.4 is 19.9 Å². The molecular formula is C13H17NO3. The van der Waals surface area contributed by atoms with Crippen LogP contribution in [0.4, 0.5) is 0 Å². The number of nitrogens with two attached hydrogens (primary N) is 1. The van der Waals surface area contributed by atoms with E-state index in [0.717, 1.165) is 35.7 Å². The van der Waals surface area contributed by atoms with Crippen LogP contribution >= 0.6 is 0 Å². The normalized spacial score (nSPS) is 12.5. The van der Waals surface area contributed by atoms with Crippen molar-refractivity contribution < 1.29 is 14.2 Å². The van der Waals surface area contributed by atoms with E-state index in [1.165, 1.54) is 0 Å². The lowest BCUT2D eigenvalue weighted by Crippen LogP contribution is -2.03. The van der Waals surface area contributed by atoms with Gasteiger partial charge in [0.15, 0.2) is 11.5 Å². The predicted octanol–water partition coefficient (Wildman–Crippen LogP) is 2.22. The number of unbranched alkanes of at least 4 members (excludes halogenated alkanes) is 1. The minimum absolute atomic E-state index is 0.263. The molecule has 0 aliphatic carbocycles. The molecule has 1 heterocycles. The van der Waals surface area contributed by atoms with Gasteiger partial charge < -0.3 is 19.9 Å². The summed E-state index contributed by atoms with van der Waals surface area (Å²) in [7, 11) is 0. The standard InChI is InChI=1S/C13H17NO3/c1-2-3-4-5-15-11-7-13-12(16-9-17-13)6-10(11)8-14/h2,6-7H,1,3-5,8-9,14H2. The largest absolute Gasteiger partial charge is 0.493 e. The zero-order valence-corrected chi connectivity index (χ0v) is 9.78. The Morgan fingerprint density at radius 3 is 2.82 bits per heavy atom. The summed E-state index contributed by atoms with van der Waals surface area (Å²) >= 11 is 0. The third-order valence-electron chi connectivity index (χ3n) is 2.59. The summed E-state index contributed by atoms with van der Waals surface area (Å²) in [6.07, 6.45) is 3.78. The Hall–Kier alpha value is -1.68. The zero-order chi connectivity index (χ0) is 12.1. The summed E-state index contributed by atoms with van der Waals surface area (Å²) in [5.74, 6) is 2.24.